The molecule has 0 saturated heterocycles. The monoisotopic (exact) mass is 1040 g/mol. The molecule has 0 heterocycles. The molecule has 2 nitrogen and oxygen atoms in total. The molecule has 388 valence electrons. The highest BCUT2D eigenvalue weighted by atomic mass is 15.2. The van der Waals surface area contributed by atoms with E-state index in [9.17, 15) is 0 Å². The highest BCUT2D eigenvalue weighted by molar-refractivity contribution is 5.90. The van der Waals surface area contributed by atoms with E-state index in [0.717, 1.165) is 63.5 Å². The number of benzene rings is 10. The van der Waals surface area contributed by atoms with Crippen LogP contribution in [-0.2, 0) is 16.2 Å². The summed E-state index contributed by atoms with van der Waals surface area (Å²) < 4.78 is 0. The molecule has 10 aromatic rings. The van der Waals surface area contributed by atoms with Crippen LogP contribution in [0, 0.1) is 5.92 Å². The van der Waals surface area contributed by atoms with Crippen molar-refractivity contribution in [3.05, 3.63) is 366 Å². The summed E-state index contributed by atoms with van der Waals surface area (Å²) in [5.41, 5.74) is 23.0. The molecule has 0 fully saturated rings. The molecule has 4 unspecified atom stereocenters. The Balaban J connectivity index is 0.848. The molecule has 4 atom stereocenters. The molecular weight excluding hydrogens is 977 g/mol. The van der Waals surface area contributed by atoms with Gasteiger partial charge in [0.2, 0.25) is 0 Å². The summed E-state index contributed by atoms with van der Waals surface area (Å²) in [5.74, 6) is 0.157. The highest BCUT2D eigenvalue weighted by Crippen LogP contribution is 2.63. The second-order valence-electron chi connectivity index (χ2n) is 22.2. The zero-order valence-corrected chi connectivity index (χ0v) is 45.7. The summed E-state index contributed by atoms with van der Waals surface area (Å²) in [6, 6.07) is 92.8. The van der Waals surface area contributed by atoms with Crippen molar-refractivity contribution < 1.29 is 0 Å². The maximum absolute atomic E-state index is 4.10. The first-order valence-corrected chi connectivity index (χ1v) is 28.5. The van der Waals surface area contributed by atoms with Gasteiger partial charge in [0.25, 0.3) is 0 Å². The van der Waals surface area contributed by atoms with Crippen LogP contribution in [0.4, 0.5) is 28.4 Å². The Hall–Kier alpha value is -9.76. The zero-order chi connectivity index (χ0) is 54.5. The lowest BCUT2D eigenvalue weighted by Gasteiger charge is -2.42. The van der Waals surface area contributed by atoms with Crippen LogP contribution in [-0.4, -0.2) is 0 Å². The van der Waals surface area contributed by atoms with Gasteiger partial charge in [0, 0.05) is 45.5 Å². The van der Waals surface area contributed by atoms with Crippen molar-refractivity contribution in [3.8, 4) is 22.3 Å². The lowest BCUT2D eigenvalue weighted by atomic mass is 9.60. The van der Waals surface area contributed by atoms with Crippen molar-refractivity contribution in [1.82, 2.24) is 0 Å². The molecule has 4 aliphatic rings. The quantitative estimate of drug-likeness (QED) is 0.114. The van der Waals surface area contributed by atoms with Crippen molar-refractivity contribution in [2.45, 2.75) is 36.0 Å². The van der Waals surface area contributed by atoms with Gasteiger partial charge < -0.3 is 9.80 Å². The maximum atomic E-state index is 4.10. The lowest BCUT2D eigenvalue weighted by molar-refractivity contribution is 0.366. The summed E-state index contributed by atoms with van der Waals surface area (Å²) in [6.07, 6.45) is 22.0. The molecule has 10 aromatic carbocycles. The minimum Gasteiger partial charge on any atom is -0.314 e. The average Bonchev–Trinajstić information content (AvgIpc) is 4.19. The Morgan fingerprint density at radius 1 is 0.420 bits per heavy atom. The fraction of sp³-hybridized carbons (Fsp3) is 0.0886. The van der Waals surface area contributed by atoms with Gasteiger partial charge in [0.1, 0.15) is 0 Å². The van der Waals surface area contributed by atoms with Gasteiger partial charge in [-0.25, -0.2) is 0 Å². The number of fused-ring (bicyclic) bond motifs is 6. The van der Waals surface area contributed by atoms with Crippen LogP contribution in [0.2, 0.25) is 0 Å². The molecule has 4 aliphatic carbocycles. The second kappa shape index (κ2) is 20.2. The molecule has 0 spiro atoms. The number of hydrogen-bond acceptors (Lipinski definition) is 2. The molecule has 81 heavy (non-hydrogen) atoms. The van der Waals surface area contributed by atoms with Gasteiger partial charge in [-0.3, -0.25) is 0 Å². The third kappa shape index (κ3) is 7.92. The van der Waals surface area contributed by atoms with Crippen LogP contribution in [0.3, 0.4) is 0 Å². The van der Waals surface area contributed by atoms with E-state index in [2.05, 4.69) is 321 Å². The van der Waals surface area contributed by atoms with E-state index >= 15 is 0 Å². The van der Waals surface area contributed by atoms with Crippen LogP contribution < -0.4 is 9.80 Å². The van der Waals surface area contributed by atoms with Crippen molar-refractivity contribution in [1.29, 1.82) is 0 Å². The van der Waals surface area contributed by atoms with Crippen molar-refractivity contribution in [2.75, 3.05) is 9.80 Å². The first-order valence-electron chi connectivity index (χ1n) is 28.5. The Morgan fingerprint density at radius 3 is 1.57 bits per heavy atom. The minimum atomic E-state index is -0.543. The van der Waals surface area contributed by atoms with E-state index in [4.69, 9.17) is 0 Å². The van der Waals surface area contributed by atoms with Gasteiger partial charge in [-0.15, -0.1) is 0 Å². The zero-order valence-electron chi connectivity index (χ0n) is 45.7. The van der Waals surface area contributed by atoms with Crippen LogP contribution in [0.5, 0.6) is 0 Å². The van der Waals surface area contributed by atoms with Crippen molar-refractivity contribution in [2.24, 2.45) is 5.92 Å². The number of para-hydroxylation sites is 1. The first kappa shape index (κ1) is 49.5. The predicted molar refractivity (Wildman–Crippen MR) is 341 cm³/mol. The summed E-state index contributed by atoms with van der Waals surface area (Å²) >= 11 is 0. The molecule has 0 saturated carbocycles. The lowest BCUT2D eigenvalue weighted by Crippen LogP contribution is -2.40. The fourth-order valence-electron chi connectivity index (χ4n) is 14.3. The van der Waals surface area contributed by atoms with Gasteiger partial charge in [-0.2, -0.15) is 0 Å². The van der Waals surface area contributed by atoms with Gasteiger partial charge in [0.05, 0.1) is 10.8 Å². The average molecular weight is 1040 g/mol. The first-order chi connectivity index (χ1) is 39.9. The summed E-state index contributed by atoms with van der Waals surface area (Å²) in [6.45, 7) is 10.6. The molecule has 0 amide bonds. The summed E-state index contributed by atoms with van der Waals surface area (Å²) in [7, 11) is 0. The van der Waals surface area contributed by atoms with Gasteiger partial charge in [-0.1, -0.05) is 257 Å². The number of hydrogen-bond donors (Lipinski definition) is 0. The largest absolute Gasteiger partial charge is 0.314 e. The SMILES string of the molecule is C=Cc1ccc(C2(c3ccccc3)c3ccccc3-c3ccc(N(c4ccccc4)c4ccc(-c5ccc(N(C6=CC=CCC6)c6ccc7c(c6)C(c6ccccc6)(c6ccc(C=C)cc6)C6C=CC=CC76C)cc5)cc4)cc32)cc1. The molecule has 0 bridgehead atoms. The second-order valence-corrected chi connectivity index (χ2v) is 22.2. The van der Waals surface area contributed by atoms with E-state index in [-0.39, 0.29) is 11.3 Å². The third-order valence-corrected chi connectivity index (χ3v) is 18.0. The molecule has 2 heteroatoms. The maximum Gasteiger partial charge on any atom is 0.0714 e. The Morgan fingerprint density at radius 2 is 0.926 bits per heavy atom. The molecule has 0 aliphatic heterocycles. The Labute approximate surface area is 477 Å². The van der Waals surface area contributed by atoms with E-state index < -0.39 is 10.8 Å². The number of anilines is 5. The van der Waals surface area contributed by atoms with Gasteiger partial charge in [-0.05, 0) is 157 Å². The normalized spacial score (nSPS) is 19.9. The number of nitrogens with zero attached hydrogens (tertiary/aromatic N) is 2. The Bertz CT molecular complexity index is 4130. The summed E-state index contributed by atoms with van der Waals surface area (Å²) in [4.78, 5) is 4.90. The number of rotatable bonds is 13. The standard InChI is InChI=1S/C79H62N2/c1-4-56-33-41-62(42-34-56)78(60-22-10-6-11-23-60)72-31-19-18-30-70(72)71-51-49-68(54-74(71)78)80(64-26-14-8-15-27-64)66-45-37-58(38-46-66)59-39-47-67(48-40-59)81(65-28-16-9-17-29-65)69-50-52-73-75(55-69)79(61-24-12-7-13-25-61,63-43-35-57(5-2)36-44-63)76-32-20-21-53-77(73,76)3/h4-16,18-28,30-55,76H,1-2,17,29H2,3H3. The van der Waals surface area contributed by atoms with Crippen LogP contribution in [0.15, 0.2) is 310 Å². The third-order valence-electron chi connectivity index (χ3n) is 18.0. The minimum absolute atomic E-state index is 0.157. The van der Waals surface area contributed by atoms with Crippen LogP contribution >= 0.6 is 0 Å². The van der Waals surface area contributed by atoms with Gasteiger partial charge >= 0.3 is 0 Å². The van der Waals surface area contributed by atoms with Gasteiger partial charge in [0.15, 0.2) is 0 Å². The molecular formula is C79H62N2. The molecule has 0 N–H and O–H groups in total. The smallest absolute Gasteiger partial charge is 0.0714 e. The predicted octanol–water partition coefficient (Wildman–Crippen LogP) is 20.2. The fourth-order valence-corrected chi connectivity index (χ4v) is 14.3. The van der Waals surface area contributed by atoms with E-state index in [1.807, 2.05) is 12.2 Å². The molecule has 0 aromatic heterocycles. The summed E-state index contributed by atoms with van der Waals surface area (Å²) in [5, 5.41) is 0. The topological polar surface area (TPSA) is 6.48 Å². The van der Waals surface area contributed by atoms with E-state index in [1.54, 1.807) is 0 Å². The van der Waals surface area contributed by atoms with Crippen molar-refractivity contribution >= 4 is 40.6 Å². The Kier molecular flexibility index (Phi) is 12.3. The number of allylic oxidation sites excluding steroid dienone is 8. The van der Waals surface area contributed by atoms with Crippen LogP contribution in [0.1, 0.15) is 75.4 Å². The van der Waals surface area contributed by atoms with Crippen molar-refractivity contribution in [3.63, 3.8) is 0 Å². The van der Waals surface area contributed by atoms with E-state index in [1.165, 1.54) is 61.3 Å². The molecule has 14 rings (SSSR count). The highest BCUT2D eigenvalue weighted by Gasteiger charge is 2.58. The van der Waals surface area contributed by atoms with E-state index in [0.29, 0.717) is 0 Å². The van der Waals surface area contributed by atoms with Crippen LogP contribution in [0.25, 0.3) is 34.4 Å². The molecule has 0 radical (unpaired) electrons.